The van der Waals surface area contributed by atoms with Crippen molar-refractivity contribution in [1.82, 2.24) is 0 Å². The molecule has 0 aliphatic rings. The van der Waals surface area contributed by atoms with Crippen LogP contribution in [0.25, 0.3) is 0 Å². The van der Waals surface area contributed by atoms with Crippen molar-refractivity contribution in [1.29, 1.82) is 0 Å². The van der Waals surface area contributed by atoms with Crippen LogP contribution >= 0.6 is 7.23 Å². The molecule has 0 saturated heterocycles. The van der Waals surface area contributed by atoms with E-state index in [4.69, 9.17) is 0 Å². The van der Waals surface area contributed by atoms with E-state index in [1.54, 1.807) is 0 Å². The van der Waals surface area contributed by atoms with Gasteiger partial charge >= 0.3 is 0 Å². The van der Waals surface area contributed by atoms with Gasteiger partial charge in [0.15, 0.2) is 6.89 Å². The molecule has 0 bridgehead atoms. The molecule has 4 heteroatoms. The predicted octanol–water partition coefficient (Wildman–Crippen LogP) is -0.706. The second-order valence-electron chi connectivity index (χ2n) is 0.445. The van der Waals surface area contributed by atoms with Gasteiger partial charge in [-0.2, -0.15) is 0 Å². The zero-order valence-electron chi connectivity index (χ0n) is 2.56. The maximum Gasteiger partial charge on any atom is 0.159 e. The van der Waals surface area contributed by atoms with Crippen LogP contribution in [-0.2, 0) is 11.8 Å². The third-order valence-electron chi connectivity index (χ3n) is 0.129. The number of rotatable bonds is 1. The quantitative estimate of drug-likeness (QED) is 0.301. The second-order valence-corrected chi connectivity index (χ2v) is 2.11. The summed E-state index contributed by atoms with van der Waals surface area (Å²) in [6.07, 6.45) is 0. The van der Waals surface area contributed by atoms with Gasteiger partial charge in [0.05, 0.1) is 7.74 Å². The summed E-state index contributed by atoms with van der Waals surface area (Å²) in [5, 5.41) is 0. The summed E-state index contributed by atoms with van der Waals surface area (Å²) in [4.78, 5) is 0. The molecule has 0 spiro atoms. The molecule has 0 radical (unpaired) electrons. The molecule has 0 aromatic heterocycles. The Morgan fingerprint density at radius 2 is 2.25 bits per heavy atom. The normalized spacial score (nSPS) is 7.00. The summed E-state index contributed by atoms with van der Waals surface area (Å²) in [6.45, 7) is 1.11. The molecule has 0 aromatic rings. The third kappa shape index (κ3) is 2.65. The van der Waals surface area contributed by atoms with Gasteiger partial charge in [0, 0.05) is 0 Å². The van der Waals surface area contributed by atoms with E-state index in [9.17, 15) is 0 Å². The van der Waals surface area contributed by atoms with Gasteiger partial charge in [-0.1, -0.05) is 19.0 Å². The predicted molar refractivity (Wildman–Crippen MR) is 30.0 cm³/mol. The molecule has 0 aromatic carbocycles. The molecular formula is H3B2PS. The molecule has 0 atom stereocenters. The highest BCUT2D eigenvalue weighted by molar-refractivity contribution is 8.11. The lowest BCUT2D eigenvalue weighted by Crippen LogP contribution is -1.63. The van der Waals surface area contributed by atoms with Crippen LogP contribution in [0.3, 0.4) is 0 Å². The SMILES string of the molecule is BBP=S. The molecule has 0 N–H and O–H groups in total. The molecule has 0 amide bonds. The lowest BCUT2D eigenvalue weighted by atomic mass is 9.79. The molecule has 0 aliphatic carbocycles. The van der Waals surface area contributed by atoms with Crippen LogP contribution in [0.5, 0.6) is 0 Å². The van der Waals surface area contributed by atoms with Crippen molar-refractivity contribution in [3.63, 3.8) is 0 Å². The monoisotopic (exact) mass is 88.0 g/mol. The Balaban J connectivity index is 2.30. The molecule has 0 rings (SSSR count). The Labute approximate surface area is 34.4 Å². The van der Waals surface area contributed by atoms with E-state index in [0.717, 1.165) is 14.1 Å². The second kappa shape index (κ2) is 3.65. The Bertz CT molecular complexity index is 20.0. The summed E-state index contributed by atoms with van der Waals surface area (Å²) in [6, 6.07) is 0. The van der Waals surface area contributed by atoms with E-state index in [-0.39, 0.29) is 0 Å². The van der Waals surface area contributed by atoms with Gasteiger partial charge in [0.25, 0.3) is 0 Å². The van der Waals surface area contributed by atoms with Gasteiger partial charge in [0.1, 0.15) is 0 Å². The average Bonchev–Trinajstić information content (AvgIpc) is 1.37. The van der Waals surface area contributed by atoms with Crippen LogP contribution in [0, 0.1) is 0 Å². The zero-order chi connectivity index (χ0) is 3.41. The number of hydrogen-bond acceptors (Lipinski definition) is 1. The Morgan fingerprint density at radius 1 is 2.00 bits per heavy atom. The Hall–Kier alpha value is 0.650. The third-order valence-corrected chi connectivity index (χ3v) is 1.16. The van der Waals surface area contributed by atoms with Crippen LogP contribution in [0.1, 0.15) is 0 Å². The van der Waals surface area contributed by atoms with E-state index in [1.807, 2.05) is 0 Å². The van der Waals surface area contributed by atoms with Gasteiger partial charge in [0.2, 0.25) is 0 Å². The first-order valence-corrected chi connectivity index (χ1v) is 3.30. The van der Waals surface area contributed by atoms with Crippen LogP contribution in [-0.4, -0.2) is 14.6 Å². The molecule has 0 aliphatic heterocycles. The summed E-state index contributed by atoms with van der Waals surface area (Å²) >= 11 is 4.53. The van der Waals surface area contributed by atoms with E-state index in [2.05, 4.69) is 19.5 Å². The van der Waals surface area contributed by atoms with Crippen molar-refractivity contribution in [2.75, 3.05) is 0 Å². The van der Waals surface area contributed by atoms with Crippen LogP contribution in [0.2, 0.25) is 0 Å². The zero-order valence-corrected chi connectivity index (χ0v) is 4.27. The van der Waals surface area contributed by atoms with Crippen molar-refractivity contribution in [3.8, 4) is 0 Å². The molecule has 0 fully saturated rings. The minimum atomic E-state index is 1.08. The van der Waals surface area contributed by atoms with E-state index in [0.29, 0.717) is 0 Å². The smallest absolute Gasteiger partial charge is 0.0921 e. The van der Waals surface area contributed by atoms with E-state index >= 15 is 0 Å². The van der Waals surface area contributed by atoms with Gasteiger partial charge in [-0.05, 0) is 0 Å². The molecular weight excluding hydrogens is 84.7 g/mol. The first-order chi connectivity index (χ1) is 1.91. The average molecular weight is 87.7 g/mol. The summed E-state index contributed by atoms with van der Waals surface area (Å²) < 4.78 is 0. The lowest BCUT2D eigenvalue weighted by molar-refractivity contribution is 4.51. The molecule has 0 saturated carbocycles. The van der Waals surface area contributed by atoms with Gasteiger partial charge < -0.3 is 0 Å². The van der Waals surface area contributed by atoms with Crippen molar-refractivity contribution in [3.05, 3.63) is 0 Å². The Morgan fingerprint density at radius 3 is 2.25 bits per heavy atom. The minimum Gasteiger partial charge on any atom is -0.0921 e. The highest BCUT2D eigenvalue weighted by Crippen LogP contribution is 1.75. The topological polar surface area (TPSA) is 0 Å². The molecule has 20 valence electrons. The van der Waals surface area contributed by atoms with E-state index < -0.39 is 0 Å². The van der Waals surface area contributed by atoms with Crippen molar-refractivity contribution in [2.24, 2.45) is 0 Å². The van der Waals surface area contributed by atoms with Crippen molar-refractivity contribution >= 4 is 33.7 Å². The summed E-state index contributed by atoms with van der Waals surface area (Å²) in [5.74, 6) is 0. The van der Waals surface area contributed by atoms with Gasteiger partial charge in [-0.15, -0.1) is 0 Å². The van der Waals surface area contributed by atoms with Crippen LogP contribution in [0.4, 0.5) is 0 Å². The van der Waals surface area contributed by atoms with Crippen LogP contribution in [0.15, 0.2) is 0 Å². The fraction of sp³-hybridized carbons (Fsp3) is 0. The highest BCUT2D eigenvalue weighted by Gasteiger charge is 1.57. The van der Waals surface area contributed by atoms with Gasteiger partial charge in [-0.25, -0.2) is 0 Å². The summed E-state index contributed by atoms with van der Waals surface area (Å²) in [7, 11) is 3.15. The molecule has 0 nitrogen and oxygen atoms in total. The first-order valence-electron chi connectivity index (χ1n) is 1.21. The molecule has 0 heterocycles. The first kappa shape index (κ1) is 4.65. The van der Waals surface area contributed by atoms with Gasteiger partial charge in [-0.3, -0.25) is 0 Å². The molecule has 4 heavy (non-hydrogen) atoms. The fourth-order valence-electron chi connectivity index (χ4n) is 0. The largest absolute Gasteiger partial charge is 0.159 e. The Kier molecular flexibility index (Phi) is 4.24. The number of hydrogen-bond donors (Lipinski definition) is 0. The van der Waals surface area contributed by atoms with Crippen molar-refractivity contribution < 1.29 is 0 Å². The van der Waals surface area contributed by atoms with Crippen molar-refractivity contribution in [2.45, 2.75) is 0 Å². The standard InChI is InChI=1S/B2H3PS/c1-2-3-4/h2H,1H2. The maximum absolute atomic E-state index is 4.53. The van der Waals surface area contributed by atoms with E-state index in [1.165, 1.54) is 0 Å². The summed E-state index contributed by atoms with van der Waals surface area (Å²) in [5.41, 5.74) is 0. The minimum absolute atomic E-state index is 1.08. The maximum atomic E-state index is 4.53. The fourth-order valence-corrected chi connectivity index (χ4v) is 0. The highest BCUT2D eigenvalue weighted by atomic mass is 32.4. The molecule has 0 unspecified atom stereocenters. The lowest BCUT2D eigenvalue weighted by Gasteiger charge is -1.47. The van der Waals surface area contributed by atoms with Crippen LogP contribution < -0.4 is 0 Å².